The molecule has 0 spiro atoms. The summed E-state index contributed by atoms with van der Waals surface area (Å²) in [5.41, 5.74) is 0.951. The molecular formula is C7H5N3O2. The summed E-state index contributed by atoms with van der Waals surface area (Å²) < 4.78 is 4.98. The average molecular weight is 163 g/mol. The summed E-state index contributed by atoms with van der Waals surface area (Å²) in [4.78, 5) is 14.3. The fourth-order valence-corrected chi connectivity index (χ4v) is 0.903. The average Bonchev–Trinajstić information content (AvgIpc) is 2.74. The van der Waals surface area contributed by atoms with Crippen LogP contribution in [0.1, 0.15) is 10.4 Å². The molecule has 2 rings (SSSR count). The van der Waals surface area contributed by atoms with E-state index in [1.165, 1.54) is 18.7 Å². The second kappa shape index (κ2) is 2.61. The molecule has 5 heteroatoms. The Morgan fingerprint density at radius 1 is 1.58 bits per heavy atom. The van der Waals surface area contributed by atoms with Crippen LogP contribution >= 0.6 is 0 Å². The quantitative estimate of drug-likeness (QED) is 0.667. The number of nitrogens with zero attached hydrogens (tertiary/aromatic N) is 2. The highest BCUT2D eigenvalue weighted by atomic mass is 16.3. The molecule has 0 fully saturated rings. The highest BCUT2D eigenvalue weighted by Crippen LogP contribution is 2.16. The number of hydrogen-bond acceptors (Lipinski definition) is 4. The minimum Gasteiger partial charge on any atom is -0.443 e. The second-order valence-electron chi connectivity index (χ2n) is 2.16. The second-order valence-corrected chi connectivity index (χ2v) is 2.16. The lowest BCUT2D eigenvalue weighted by Crippen LogP contribution is -1.83. The Bertz CT molecular complexity index is 377. The third-order valence-electron chi connectivity index (χ3n) is 1.44. The fraction of sp³-hybridized carbons (Fsp3) is 0. The minimum atomic E-state index is 0.370. The summed E-state index contributed by atoms with van der Waals surface area (Å²) in [5, 5.41) is 6.31. The summed E-state index contributed by atoms with van der Waals surface area (Å²) in [5.74, 6) is 0.370. The summed E-state index contributed by atoms with van der Waals surface area (Å²) in [6, 6.07) is 0. The molecule has 0 radical (unpaired) electrons. The van der Waals surface area contributed by atoms with E-state index in [1.807, 2.05) is 0 Å². The third kappa shape index (κ3) is 0.914. The Labute approximate surface area is 67.4 Å². The Balaban J connectivity index is 2.53. The number of H-pyrrole nitrogens is 1. The first-order valence-electron chi connectivity index (χ1n) is 3.30. The van der Waals surface area contributed by atoms with Gasteiger partial charge in [-0.1, -0.05) is 0 Å². The van der Waals surface area contributed by atoms with Gasteiger partial charge in [0.1, 0.15) is 12.0 Å². The predicted octanol–water partition coefficient (Wildman–Crippen LogP) is 0.877. The van der Waals surface area contributed by atoms with Crippen LogP contribution in [0, 0.1) is 0 Å². The zero-order valence-electron chi connectivity index (χ0n) is 6.02. The molecule has 12 heavy (non-hydrogen) atoms. The highest BCUT2D eigenvalue weighted by molar-refractivity contribution is 5.82. The van der Waals surface area contributed by atoms with Crippen LogP contribution in [-0.2, 0) is 0 Å². The van der Waals surface area contributed by atoms with E-state index in [2.05, 4.69) is 15.2 Å². The lowest BCUT2D eigenvalue weighted by molar-refractivity contribution is 0.112. The SMILES string of the molecule is O=Cc1cn[nH]c1-c1ncco1. The number of rotatable bonds is 2. The van der Waals surface area contributed by atoms with Crippen LogP contribution in [-0.4, -0.2) is 21.5 Å². The summed E-state index contributed by atoms with van der Waals surface area (Å²) in [6.45, 7) is 0. The van der Waals surface area contributed by atoms with Crippen molar-refractivity contribution in [3.8, 4) is 11.6 Å². The Kier molecular flexibility index (Phi) is 1.48. The maximum Gasteiger partial charge on any atom is 0.245 e. The van der Waals surface area contributed by atoms with Crippen LogP contribution in [0.15, 0.2) is 23.1 Å². The molecule has 0 aromatic carbocycles. The number of aromatic amines is 1. The molecule has 0 saturated heterocycles. The van der Waals surface area contributed by atoms with Crippen molar-refractivity contribution in [2.45, 2.75) is 0 Å². The van der Waals surface area contributed by atoms with Crippen LogP contribution in [0.2, 0.25) is 0 Å². The van der Waals surface area contributed by atoms with E-state index in [0.29, 0.717) is 23.4 Å². The first-order chi connectivity index (χ1) is 5.92. The normalized spacial score (nSPS) is 10.0. The lowest BCUT2D eigenvalue weighted by atomic mass is 10.3. The van der Waals surface area contributed by atoms with Crippen LogP contribution in [0.5, 0.6) is 0 Å². The van der Waals surface area contributed by atoms with E-state index in [1.54, 1.807) is 0 Å². The van der Waals surface area contributed by atoms with Crippen molar-refractivity contribution < 1.29 is 9.21 Å². The van der Waals surface area contributed by atoms with Gasteiger partial charge < -0.3 is 4.42 Å². The number of oxazole rings is 1. The van der Waals surface area contributed by atoms with Crippen LogP contribution < -0.4 is 0 Å². The van der Waals surface area contributed by atoms with Gasteiger partial charge in [-0.15, -0.1) is 0 Å². The first kappa shape index (κ1) is 6.78. The van der Waals surface area contributed by atoms with E-state index in [0.717, 1.165) is 0 Å². The van der Waals surface area contributed by atoms with Gasteiger partial charge in [0.15, 0.2) is 6.29 Å². The maximum absolute atomic E-state index is 10.5. The van der Waals surface area contributed by atoms with Crippen molar-refractivity contribution >= 4 is 6.29 Å². The monoisotopic (exact) mass is 163 g/mol. The van der Waals surface area contributed by atoms with Crippen molar-refractivity contribution in [1.29, 1.82) is 0 Å². The molecule has 0 unspecified atom stereocenters. The van der Waals surface area contributed by atoms with Gasteiger partial charge in [-0.2, -0.15) is 5.10 Å². The van der Waals surface area contributed by atoms with Crippen LogP contribution in [0.4, 0.5) is 0 Å². The number of hydrogen-bond donors (Lipinski definition) is 1. The molecule has 0 aliphatic carbocycles. The van der Waals surface area contributed by atoms with Crippen LogP contribution in [0.3, 0.4) is 0 Å². The molecule has 5 nitrogen and oxygen atoms in total. The Morgan fingerprint density at radius 2 is 2.50 bits per heavy atom. The molecule has 60 valence electrons. The molecule has 0 atom stereocenters. The molecule has 2 heterocycles. The number of nitrogens with one attached hydrogen (secondary N) is 1. The van der Waals surface area contributed by atoms with E-state index in [-0.39, 0.29) is 0 Å². The van der Waals surface area contributed by atoms with Crippen molar-refractivity contribution in [3.63, 3.8) is 0 Å². The van der Waals surface area contributed by atoms with E-state index in [9.17, 15) is 4.79 Å². The molecule has 2 aromatic rings. The van der Waals surface area contributed by atoms with Crippen molar-refractivity contribution in [2.24, 2.45) is 0 Å². The number of carbonyl (C=O) groups is 1. The molecular weight excluding hydrogens is 158 g/mol. The fourth-order valence-electron chi connectivity index (χ4n) is 0.903. The molecule has 0 amide bonds. The van der Waals surface area contributed by atoms with Gasteiger partial charge in [-0.05, 0) is 0 Å². The highest BCUT2D eigenvalue weighted by Gasteiger charge is 2.09. The maximum atomic E-state index is 10.5. The van der Waals surface area contributed by atoms with Gasteiger partial charge in [0.05, 0.1) is 18.0 Å². The topological polar surface area (TPSA) is 71.8 Å². The van der Waals surface area contributed by atoms with Gasteiger partial charge in [0.25, 0.3) is 0 Å². The van der Waals surface area contributed by atoms with Gasteiger partial charge in [-0.25, -0.2) is 4.98 Å². The number of aldehydes is 1. The van der Waals surface area contributed by atoms with Crippen molar-refractivity contribution in [3.05, 3.63) is 24.2 Å². The standard InChI is InChI=1S/C7H5N3O2/c11-4-5-3-9-10-6(5)7-8-1-2-12-7/h1-4H,(H,9,10). The van der Waals surface area contributed by atoms with E-state index >= 15 is 0 Å². The molecule has 0 saturated carbocycles. The van der Waals surface area contributed by atoms with Gasteiger partial charge >= 0.3 is 0 Å². The number of aromatic nitrogens is 3. The molecule has 2 aromatic heterocycles. The smallest absolute Gasteiger partial charge is 0.245 e. The van der Waals surface area contributed by atoms with Crippen molar-refractivity contribution in [2.75, 3.05) is 0 Å². The zero-order chi connectivity index (χ0) is 8.39. The van der Waals surface area contributed by atoms with Gasteiger partial charge in [0.2, 0.25) is 5.89 Å². The van der Waals surface area contributed by atoms with E-state index in [4.69, 9.17) is 4.42 Å². The molecule has 0 aliphatic heterocycles. The Morgan fingerprint density at radius 3 is 3.17 bits per heavy atom. The summed E-state index contributed by atoms with van der Waals surface area (Å²) in [6.07, 6.45) is 5.06. The first-order valence-corrected chi connectivity index (χ1v) is 3.30. The third-order valence-corrected chi connectivity index (χ3v) is 1.44. The Hall–Kier alpha value is -1.91. The van der Waals surface area contributed by atoms with Crippen molar-refractivity contribution in [1.82, 2.24) is 15.2 Å². The summed E-state index contributed by atoms with van der Waals surface area (Å²) in [7, 11) is 0. The number of carbonyl (C=O) groups excluding carboxylic acids is 1. The largest absolute Gasteiger partial charge is 0.443 e. The van der Waals surface area contributed by atoms with Crippen LogP contribution in [0.25, 0.3) is 11.6 Å². The van der Waals surface area contributed by atoms with Gasteiger partial charge in [0, 0.05) is 0 Å². The molecule has 0 bridgehead atoms. The predicted molar refractivity (Wildman–Crippen MR) is 39.5 cm³/mol. The molecule has 0 aliphatic rings. The molecule has 1 N–H and O–H groups in total. The minimum absolute atomic E-state index is 0.370. The van der Waals surface area contributed by atoms with E-state index < -0.39 is 0 Å². The lowest BCUT2D eigenvalue weighted by Gasteiger charge is -1.88. The van der Waals surface area contributed by atoms with Gasteiger partial charge in [-0.3, -0.25) is 9.89 Å². The summed E-state index contributed by atoms with van der Waals surface area (Å²) >= 11 is 0. The zero-order valence-corrected chi connectivity index (χ0v) is 6.02.